The van der Waals surface area contributed by atoms with Crippen LogP contribution in [0.2, 0.25) is 0 Å². The van der Waals surface area contributed by atoms with Crippen molar-refractivity contribution in [1.29, 1.82) is 0 Å². The van der Waals surface area contributed by atoms with Gasteiger partial charge in [0.2, 0.25) is 5.91 Å². The zero-order valence-corrected chi connectivity index (χ0v) is 13.4. The van der Waals surface area contributed by atoms with Gasteiger partial charge in [0, 0.05) is 28.4 Å². The molecule has 0 fully saturated rings. The lowest BCUT2D eigenvalue weighted by molar-refractivity contribution is -0.121. The fourth-order valence-electron chi connectivity index (χ4n) is 1.85. The smallest absolute Gasteiger partial charge is 0.308 e. The van der Waals surface area contributed by atoms with Crippen LogP contribution in [0.4, 0.5) is 0 Å². The van der Waals surface area contributed by atoms with Gasteiger partial charge in [-0.25, -0.2) is 4.98 Å². The molecule has 0 bridgehead atoms. The number of hydrogen-bond donors (Lipinski definition) is 1. The van der Waals surface area contributed by atoms with Crippen molar-refractivity contribution < 1.29 is 4.79 Å². The summed E-state index contributed by atoms with van der Waals surface area (Å²) in [5, 5.41) is 2.85. The van der Waals surface area contributed by atoms with Crippen molar-refractivity contribution in [1.82, 2.24) is 14.9 Å². The van der Waals surface area contributed by atoms with E-state index >= 15 is 0 Å². The summed E-state index contributed by atoms with van der Waals surface area (Å²) in [7, 11) is 0. The van der Waals surface area contributed by atoms with Gasteiger partial charge >= 0.3 is 4.87 Å². The van der Waals surface area contributed by atoms with E-state index in [9.17, 15) is 9.59 Å². The van der Waals surface area contributed by atoms with Crippen LogP contribution in [0.3, 0.4) is 0 Å². The molecule has 108 valence electrons. The molecule has 1 N–H and O–H groups in total. The second kappa shape index (κ2) is 6.32. The van der Waals surface area contributed by atoms with E-state index in [1.165, 1.54) is 20.8 Å². The number of aromatic nitrogens is 2. The lowest BCUT2D eigenvalue weighted by Crippen LogP contribution is -2.32. The molecule has 0 atom stereocenters. The fraction of sp³-hybridized carbons (Fsp3) is 0.462. The van der Waals surface area contributed by atoms with Gasteiger partial charge in [0.05, 0.1) is 11.2 Å². The van der Waals surface area contributed by atoms with Crippen LogP contribution >= 0.6 is 22.7 Å². The number of aryl methyl sites for hydroxylation is 2. The van der Waals surface area contributed by atoms with Crippen molar-refractivity contribution in [3.8, 4) is 0 Å². The van der Waals surface area contributed by atoms with E-state index < -0.39 is 0 Å². The van der Waals surface area contributed by atoms with Gasteiger partial charge < -0.3 is 5.32 Å². The average molecular weight is 311 g/mol. The Kier molecular flexibility index (Phi) is 4.72. The second-order valence-corrected chi connectivity index (χ2v) is 6.66. The van der Waals surface area contributed by atoms with Crippen molar-refractivity contribution in [3.05, 3.63) is 36.3 Å². The summed E-state index contributed by atoms with van der Waals surface area (Å²) in [6.07, 6.45) is 0.777. The first-order valence-corrected chi connectivity index (χ1v) is 8.01. The van der Waals surface area contributed by atoms with E-state index in [1.54, 1.807) is 11.3 Å². The molecule has 2 aromatic heterocycles. The Morgan fingerprint density at radius 2 is 2.15 bits per heavy atom. The Morgan fingerprint density at radius 3 is 2.70 bits per heavy atom. The highest BCUT2D eigenvalue weighted by Crippen LogP contribution is 2.12. The minimum atomic E-state index is -0.129. The van der Waals surface area contributed by atoms with Crippen molar-refractivity contribution >= 4 is 28.6 Å². The molecule has 0 aliphatic heterocycles. The standard InChI is InChI=1S/C13H17N3O2S2/c1-8-11(19-7-15-8)4-5-14-12(17)6-16-9(2)10(3)20-13(16)18/h7H,4-6H2,1-3H3,(H,14,17). The number of carbonyl (C=O) groups excluding carboxylic acids is 1. The van der Waals surface area contributed by atoms with Gasteiger partial charge in [-0.2, -0.15) is 0 Å². The monoisotopic (exact) mass is 311 g/mol. The molecule has 0 radical (unpaired) electrons. The first kappa shape index (κ1) is 14.9. The quantitative estimate of drug-likeness (QED) is 0.913. The van der Waals surface area contributed by atoms with Crippen molar-refractivity contribution in [2.45, 2.75) is 33.7 Å². The molecule has 1 amide bonds. The summed E-state index contributed by atoms with van der Waals surface area (Å²) in [4.78, 5) is 29.8. The van der Waals surface area contributed by atoms with Crippen LogP contribution in [0, 0.1) is 20.8 Å². The number of carbonyl (C=O) groups is 1. The van der Waals surface area contributed by atoms with Crippen LogP contribution < -0.4 is 10.2 Å². The van der Waals surface area contributed by atoms with E-state index in [-0.39, 0.29) is 17.3 Å². The second-order valence-electron chi connectivity index (χ2n) is 4.56. The maximum atomic E-state index is 11.9. The lowest BCUT2D eigenvalue weighted by atomic mass is 10.3. The zero-order valence-electron chi connectivity index (χ0n) is 11.7. The van der Waals surface area contributed by atoms with E-state index in [2.05, 4.69) is 10.3 Å². The van der Waals surface area contributed by atoms with Crippen LogP contribution in [0.1, 0.15) is 21.1 Å². The van der Waals surface area contributed by atoms with Gasteiger partial charge in [0.1, 0.15) is 6.54 Å². The first-order chi connectivity index (χ1) is 9.49. The predicted octanol–water partition coefficient (Wildman–Crippen LogP) is 1.65. The average Bonchev–Trinajstić information content (AvgIpc) is 2.89. The molecular formula is C13H17N3O2S2. The summed E-state index contributed by atoms with van der Waals surface area (Å²) >= 11 is 2.78. The largest absolute Gasteiger partial charge is 0.354 e. The Labute approximate surface area is 125 Å². The highest BCUT2D eigenvalue weighted by atomic mass is 32.1. The molecule has 2 aromatic rings. The topological polar surface area (TPSA) is 64.0 Å². The molecule has 0 aliphatic carbocycles. The molecular weight excluding hydrogens is 294 g/mol. The van der Waals surface area contributed by atoms with Crippen LogP contribution in [0.5, 0.6) is 0 Å². The number of thiazole rings is 2. The van der Waals surface area contributed by atoms with Gasteiger partial charge in [-0.15, -0.1) is 11.3 Å². The third-order valence-electron chi connectivity index (χ3n) is 3.20. The van der Waals surface area contributed by atoms with E-state index in [4.69, 9.17) is 0 Å². The normalized spacial score (nSPS) is 10.8. The van der Waals surface area contributed by atoms with Gasteiger partial charge in [-0.3, -0.25) is 14.2 Å². The molecule has 0 aliphatic rings. The third kappa shape index (κ3) is 3.34. The van der Waals surface area contributed by atoms with Crippen LogP contribution in [0.25, 0.3) is 0 Å². The van der Waals surface area contributed by atoms with Crippen LogP contribution in [-0.4, -0.2) is 22.0 Å². The van der Waals surface area contributed by atoms with Gasteiger partial charge in [-0.1, -0.05) is 11.3 Å². The van der Waals surface area contributed by atoms with E-state index in [0.29, 0.717) is 6.54 Å². The number of hydrogen-bond acceptors (Lipinski definition) is 5. The minimum absolute atomic E-state index is 0.0755. The summed E-state index contributed by atoms with van der Waals surface area (Å²) in [6.45, 7) is 6.38. The minimum Gasteiger partial charge on any atom is -0.354 e. The fourth-order valence-corrected chi connectivity index (χ4v) is 3.46. The molecule has 0 spiro atoms. The Hall–Kier alpha value is -1.47. The summed E-state index contributed by atoms with van der Waals surface area (Å²) in [5.74, 6) is -0.129. The molecule has 2 rings (SSSR count). The molecule has 7 heteroatoms. The Morgan fingerprint density at radius 1 is 1.40 bits per heavy atom. The lowest BCUT2D eigenvalue weighted by Gasteiger charge is -2.06. The third-order valence-corrected chi connectivity index (χ3v) is 5.19. The van der Waals surface area contributed by atoms with Crippen molar-refractivity contribution in [2.24, 2.45) is 0 Å². The van der Waals surface area contributed by atoms with Crippen LogP contribution in [-0.2, 0) is 17.8 Å². The highest BCUT2D eigenvalue weighted by Gasteiger charge is 2.11. The van der Waals surface area contributed by atoms with E-state index in [1.807, 2.05) is 26.3 Å². The van der Waals surface area contributed by atoms with Crippen LogP contribution in [0.15, 0.2) is 10.3 Å². The van der Waals surface area contributed by atoms with Gasteiger partial charge in [0.15, 0.2) is 0 Å². The highest BCUT2D eigenvalue weighted by molar-refractivity contribution is 7.09. The number of nitrogens with zero attached hydrogens (tertiary/aromatic N) is 2. The zero-order chi connectivity index (χ0) is 14.7. The predicted molar refractivity (Wildman–Crippen MR) is 81.6 cm³/mol. The first-order valence-electron chi connectivity index (χ1n) is 6.31. The molecule has 0 aromatic carbocycles. The summed E-state index contributed by atoms with van der Waals surface area (Å²) < 4.78 is 1.52. The summed E-state index contributed by atoms with van der Waals surface area (Å²) in [5.41, 5.74) is 3.70. The number of amides is 1. The maximum Gasteiger partial charge on any atom is 0.308 e. The maximum absolute atomic E-state index is 11.9. The molecule has 0 unspecified atom stereocenters. The van der Waals surface area contributed by atoms with Crippen molar-refractivity contribution in [3.63, 3.8) is 0 Å². The van der Waals surface area contributed by atoms with Gasteiger partial charge in [-0.05, 0) is 20.8 Å². The molecule has 5 nitrogen and oxygen atoms in total. The molecule has 2 heterocycles. The molecule has 20 heavy (non-hydrogen) atoms. The molecule has 0 saturated heterocycles. The number of nitrogens with one attached hydrogen (secondary N) is 1. The van der Waals surface area contributed by atoms with Gasteiger partial charge in [0.25, 0.3) is 0 Å². The Bertz CT molecular complexity index is 669. The summed E-state index contributed by atoms with van der Waals surface area (Å²) in [6, 6.07) is 0. The van der Waals surface area contributed by atoms with E-state index in [0.717, 1.165) is 22.7 Å². The molecule has 0 saturated carbocycles. The SMILES string of the molecule is Cc1ncsc1CCNC(=O)Cn1c(C)c(C)sc1=O. The van der Waals surface area contributed by atoms with Crippen molar-refractivity contribution in [2.75, 3.05) is 6.54 Å². The Balaban J connectivity index is 1.87. The number of rotatable bonds is 5.